The average molecular weight is 288 g/mol. The number of rotatable bonds is 5. The minimum Gasteiger partial charge on any atom is -0.399 e. The Morgan fingerprint density at radius 2 is 2.10 bits per heavy atom. The van der Waals surface area contributed by atoms with Gasteiger partial charge in [-0.1, -0.05) is 0 Å². The van der Waals surface area contributed by atoms with Gasteiger partial charge in [0.25, 0.3) is 5.91 Å². The largest absolute Gasteiger partial charge is 0.399 e. The summed E-state index contributed by atoms with van der Waals surface area (Å²) >= 11 is 0. The Bertz CT molecular complexity index is 663. The summed E-state index contributed by atoms with van der Waals surface area (Å²) < 4.78 is 0. The number of nitrogens with one attached hydrogen (secondary N) is 2. The molecule has 0 bridgehead atoms. The van der Waals surface area contributed by atoms with Crippen molar-refractivity contribution in [2.45, 2.75) is 13.8 Å². The van der Waals surface area contributed by atoms with Crippen molar-refractivity contribution in [3.05, 3.63) is 30.0 Å². The lowest BCUT2D eigenvalue weighted by atomic mass is 10.1. The topological polar surface area (TPSA) is 91.2 Å². The van der Waals surface area contributed by atoms with Crippen LogP contribution in [0.25, 0.3) is 10.9 Å². The van der Waals surface area contributed by atoms with Gasteiger partial charge < -0.3 is 20.9 Å². The van der Waals surface area contributed by atoms with Crippen molar-refractivity contribution in [3.63, 3.8) is 0 Å². The smallest absolute Gasteiger partial charge is 0.256 e. The van der Waals surface area contributed by atoms with Crippen molar-refractivity contribution in [1.82, 2.24) is 15.2 Å². The maximum atomic E-state index is 12.6. The van der Waals surface area contributed by atoms with Gasteiger partial charge in [-0.05, 0) is 32.0 Å². The zero-order valence-electron chi connectivity index (χ0n) is 12.3. The number of benzene rings is 1. The van der Waals surface area contributed by atoms with Crippen LogP contribution >= 0.6 is 0 Å². The van der Waals surface area contributed by atoms with Crippen molar-refractivity contribution in [2.75, 3.05) is 25.4 Å². The first kappa shape index (κ1) is 14.9. The third kappa shape index (κ3) is 3.16. The predicted octanol–water partition coefficient (Wildman–Crippen LogP) is 1.35. The van der Waals surface area contributed by atoms with Gasteiger partial charge in [-0.15, -0.1) is 0 Å². The highest BCUT2D eigenvalue weighted by Crippen LogP contribution is 2.22. The van der Waals surface area contributed by atoms with E-state index in [0.29, 0.717) is 24.3 Å². The van der Waals surface area contributed by atoms with Crippen LogP contribution in [0.2, 0.25) is 0 Å². The van der Waals surface area contributed by atoms with E-state index in [1.54, 1.807) is 18.3 Å². The quantitative estimate of drug-likeness (QED) is 0.725. The standard InChI is InChI=1S/C15H20N4O2/c1-3-17-14(20)9-19(4-2)15(21)12-8-18-13-6-5-10(16)7-11(12)13/h5-8,18H,3-4,9,16H2,1-2H3,(H,17,20). The minimum absolute atomic E-state index is 0.0537. The molecule has 1 heterocycles. The molecule has 0 aliphatic carbocycles. The first-order chi connectivity index (χ1) is 10.1. The van der Waals surface area contributed by atoms with Crippen LogP contribution in [0.5, 0.6) is 0 Å². The molecule has 2 aromatic rings. The number of carbonyl (C=O) groups excluding carboxylic acids is 2. The Morgan fingerprint density at radius 1 is 1.33 bits per heavy atom. The monoisotopic (exact) mass is 288 g/mol. The van der Waals surface area contributed by atoms with Crippen molar-refractivity contribution >= 4 is 28.4 Å². The van der Waals surface area contributed by atoms with Gasteiger partial charge in [0.2, 0.25) is 5.91 Å². The van der Waals surface area contributed by atoms with Crippen molar-refractivity contribution in [1.29, 1.82) is 0 Å². The molecule has 4 N–H and O–H groups in total. The van der Waals surface area contributed by atoms with Crippen LogP contribution in [0.15, 0.2) is 24.4 Å². The Hall–Kier alpha value is -2.50. The fourth-order valence-electron chi connectivity index (χ4n) is 2.24. The number of amides is 2. The van der Waals surface area contributed by atoms with Crippen molar-refractivity contribution in [2.24, 2.45) is 0 Å². The van der Waals surface area contributed by atoms with E-state index in [1.165, 1.54) is 4.90 Å². The number of H-pyrrole nitrogens is 1. The maximum absolute atomic E-state index is 12.6. The molecule has 0 saturated heterocycles. The predicted molar refractivity (Wildman–Crippen MR) is 83.0 cm³/mol. The second kappa shape index (κ2) is 6.30. The van der Waals surface area contributed by atoms with E-state index in [4.69, 9.17) is 5.73 Å². The molecule has 1 aromatic heterocycles. The molecule has 0 radical (unpaired) electrons. The van der Waals surface area contributed by atoms with Gasteiger partial charge in [-0.2, -0.15) is 0 Å². The van der Waals surface area contributed by atoms with E-state index in [1.807, 2.05) is 19.9 Å². The van der Waals surface area contributed by atoms with Crippen LogP contribution in [0.1, 0.15) is 24.2 Å². The Kier molecular flexibility index (Phi) is 4.47. The molecule has 112 valence electrons. The highest BCUT2D eigenvalue weighted by Gasteiger charge is 2.20. The fraction of sp³-hybridized carbons (Fsp3) is 0.333. The molecule has 0 unspecified atom stereocenters. The highest BCUT2D eigenvalue weighted by atomic mass is 16.2. The van der Waals surface area contributed by atoms with Crippen LogP contribution in [-0.4, -0.2) is 41.3 Å². The van der Waals surface area contributed by atoms with Crippen LogP contribution in [0.3, 0.4) is 0 Å². The Labute approximate surface area is 123 Å². The lowest BCUT2D eigenvalue weighted by Crippen LogP contribution is -2.40. The SMILES string of the molecule is CCNC(=O)CN(CC)C(=O)c1c[nH]c2ccc(N)cc12. The maximum Gasteiger partial charge on any atom is 0.256 e. The number of nitrogen functional groups attached to an aromatic ring is 1. The van der Waals surface area contributed by atoms with Gasteiger partial charge in [0.05, 0.1) is 12.1 Å². The zero-order valence-corrected chi connectivity index (χ0v) is 12.3. The molecule has 0 spiro atoms. The van der Waals surface area contributed by atoms with Gasteiger partial charge in [0, 0.05) is 35.9 Å². The normalized spacial score (nSPS) is 10.6. The molecule has 0 atom stereocenters. The number of carbonyl (C=O) groups is 2. The van der Waals surface area contributed by atoms with Crippen LogP contribution < -0.4 is 11.1 Å². The lowest BCUT2D eigenvalue weighted by molar-refractivity contribution is -0.121. The molecule has 0 aliphatic heterocycles. The third-order valence-corrected chi connectivity index (χ3v) is 3.31. The second-order valence-electron chi connectivity index (χ2n) is 4.78. The van der Waals surface area contributed by atoms with Gasteiger partial charge in [0.15, 0.2) is 0 Å². The number of anilines is 1. The van der Waals surface area contributed by atoms with E-state index in [2.05, 4.69) is 10.3 Å². The molecule has 0 saturated carbocycles. The Morgan fingerprint density at radius 3 is 2.76 bits per heavy atom. The van der Waals surface area contributed by atoms with E-state index < -0.39 is 0 Å². The van der Waals surface area contributed by atoms with Gasteiger partial charge >= 0.3 is 0 Å². The molecule has 21 heavy (non-hydrogen) atoms. The molecular weight excluding hydrogens is 268 g/mol. The molecule has 2 rings (SSSR count). The van der Waals surface area contributed by atoms with Gasteiger partial charge in [-0.3, -0.25) is 9.59 Å². The van der Waals surface area contributed by atoms with E-state index >= 15 is 0 Å². The molecule has 2 amide bonds. The lowest BCUT2D eigenvalue weighted by Gasteiger charge is -2.19. The first-order valence-corrected chi connectivity index (χ1v) is 6.99. The summed E-state index contributed by atoms with van der Waals surface area (Å²) in [6.45, 7) is 4.76. The summed E-state index contributed by atoms with van der Waals surface area (Å²) in [6.07, 6.45) is 1.66. The van der Waals surface area contributed by atoms with Crippen LogP contribution in [0, 0.1) is 0 Å². The first-order valence-electron chi connectivity index (χ1n) is 6.99. The van der Waals surface area contributed by atoms with Gasteiger partial charge in [0.1, 0.15) is 0 Å². The highest BCUT2D eigenvalue weighted by molar-refractivity contribution is 6.08. The van der Waals surface area contributed by atoms with Crippen LogP contribution in [-0.2, 0) is 4.79 Å². The number of aromatic nitrogens is 1. The molecular formula is C15H20N4O2. The summed E-state index contributed by atoms with van der Waals surface area (Å²) in [5.74, 6) is -0.340. The van der Waals surface area contributed by atoms with E-state index in [-0.39, 0.29) is 18.4 Å². The molecule has 6 nitrogen and oxygen atoms in total. The minimum atomic E-state index is -0.180. The number of nitrogens with two attached hydrogens (primary N) is 1. The number of nitrogens with zero attached hydrogens (tertiary/aromatic N) is 1. The number of hydrogen-bond acceptors (Lipinski definition) is 3. The van der Waals surface area contributed by atoms with E-state index in [0.717, 1.165) is 10.9 Å². The summed E-state index contributed by atoms with van der Waals surface area (Å²) in [5.41, 5.74) is 7.76. The van der Waals surface area contributed by atoms with E-state index in [9.17, 15) is 9.59 Å². The summed E-state index contributed by atoms with van der Waals surface area (Å²) in [6, 6.07) is 5.37. The number of likely N-dealkylation sites (N-methyl/N-ethyl adjacent to an activating group) is 2. The van der Waals surface area contributed by atoms with Crippen molar-refractivity contribution < 1.29 is 9.59 Å². The fourth-order valence-corrected chi connectivity index (χ4v) is 2.24. The number of fused-ring (bicyclic) bond motifs is 1. The van der Waals surface area contributed by atoms with Crippen molar-refractivity contribution in [3.8, 4) is 0 Å². The Balaban J connectivity index is 2.27. The number of hydrogen-bond donors (Lipinski definition) is 3. The third-order valence-electron chi connectivity index (χ3n) is 3.31. The molecule has 0 fully saturated rings. The second-order valence-corrected chi connectivity index (χ2v) is 4.78. The molecule has 0 aliphatic rings. The summed E-state index contributed by atoms with van der Waals surface area (Å²) in [5, 5.41) is 3.47. The average Bonchev–Trinajstić information content (AvgIpc) is 2.87. The van der Waals surface area contributed by atoms with Crippen LogP contribution in [0.4, 0.5) is 5.69 Å². The van der Waals surface area contributed by atoms with Gasteiger partial charge in [-0.25, -0.2) is 0 Å². The summed E-state index contributed by atoms with van der Waals surface area (Å²) in [7, 11) is 0. The molecule has 1 aromatic carbocycles. The zero-order chi connectivity index (χ0) is 15.4. The molecule has 6 heteroatoms. The number of aromatic amines is 1. The summed E-state index contributed by atoms with van der Waals surface area (Å²) in [4.78, 5) is 28.8.